The lowest BCUT2D eigenvalue weighted by molar-refractivity contribution is -0.138. The summed E-state index contributed by atoms with van der Waals surface area (Å²) < 4.78 is 4.75. The minimum Gasteiger partial charge on any atom is -0.462 e. The van der Waals surface area contributed by atoms with Crippen LogP contribution in [0.5, 0.6) is 0 Å². The minimum absolute atomic E-state index is 0.0908. The molecule has 0 saturated heterocycles. The molecule has 0 fully saturated rings. The lowest BCUT2D eigenvalue weighted by atomic mass is 10.2. The van der Waals surface area contributed by atoms with Gasteiger partial charge in [0.25, 0.3) is 0 Å². The molecule has 0 aromatic heterocycles. The third-order valence-electron chi connectivity index (χ3n) is 2.47. The summed E-state index contributed by atoms with van der Waals surface area (Å²) in [5.74, 6) is -0.769. The van der Waals surface area contributed by atoms with E-state index in [1.54, 1.807) is 44.2 Å². The van der Waals surface area contributed by atoms with Crippen LogP contribution in [0.1, 0.15) is 20.3 Å². The Labute approximate surface area is 123 Å². The van der Waals surface area contributed by atoms with Crippen LogP contribution < -0.4 is 10.6 Å². The summed E-state index contributed by atoms with van der Waals surface area (Å²) >= 11 is 0. The number of esters is 1. The monoisotopic (exact) mass is 287 g/mol. The van der Waals surface area contributed by atoms with Gasteiger partial charge in [0, 0.05) is 24.0 Å². The van der Waals surface area contributed by atoms with Gasteiger partial charge in [-0.05, 0) is 25.1 Å². The molecule has 1 aromatic carbocycles. The fraction of sp³-hybridized carbons (Fsp3) is 0.267. The normalized spacial score (nSPS) is 10.4. The topological polar surface area (TPSA) is 91.2 Å². The summed E-state index contributed by atoms with van der Waals surface area (Å²) in [6, 6.07) is 8.71. The second kappa shape index (κ2) is 8.38. The Hall–Kier alpha value is -2.81. The molecule has 1 aromatic rings. The van der Waals surface area contributed by atoms with E-state index in [-0.39, 0.29) is 18.1 Å². The highest BCUT2D eigenvalue weighted by atomic mass is 16.5. The molecule has 0 heterocycles. The lowest BCUT2D eigenvalue weighted by Gasteiger charge is -2.07. The first kappa shape index (κ1) is 16.2. The minimum atomic E-state index is -0.678. The average molecular weight is 287 g/mol. The second-order valence-electron chi connectivity index (χ2n) is 4.02. The Morgan fingerprint density at radius 3 is 2.67 bits per heavy atom. The fourth-order valence-corrected chi connectivity index (χ4v) is 1.44. The number of nitrogens with zero attached hydrogens (tertiary/aromatic N) is 1. The van der Waals surface area contributed by atoms with Gasteiger partial charge in [0.05, 0.1) is 6.61 Å². The van der Waals surface area contributed by atoms with Crippen LogP contribution in [0.25, 0.3) is 0 Å². The molecule has 0 bridgehead atoms. The molecule has 0 unspecified atom stereocenters. The molecule has 110 valence electrons. The molecule has 0 saturated carbocycles. The summed E-state index contributed by atoms with van der Waals surface area (Å²) in [5, 5.41) is 14.4. The number of hydrogen-bond acceptors (Lipinski definition) is 5. The van der Waals surface area contributed by atoms with Crippen LogP contribution in [-0.2, 0) is 14.3 Å². The van der Waals surface area contributed by atoms with Gasteiger partial charge < -0.3 is 15.4 Å². The molecule has 0 aliphatic carbocycles. The van der Waals surface area contributed by atoms with Gasteiger partial charge in [0.15, 0.2) is 5.57 Å². The molecular weight excluding hydrogens is 270 g/mol. The maximum Gasteiger partial charge on any atom is 0.350 e. The van der Waals surface area contributed by atoms with E-state index in [9.17, 15) is 9.59 Å². The van der Waals surface area contributed by atoms with Crippen molar-refractivity contribution in [3.8, 4) is 6.07 Å². The van der Waals surface area contributed by atoms with Crippen LogP contribution in [0.4, 0.5) is 11.4 Å². The van der Waals surface area contributed by atoms with Gasteiger partial charge in [-0.2, -0.15) is 5.26 Å². The molecule has 2 N–H and O–H groups in total. The zero-order valence-corrected chi connectivity index (χ0v) is 12.0. The Morgan fingerprint density at radius 2 is 2.05 bits per heavy atom. The van der Waals surface area contributed by atoms with Gasteiger partial charge in [0.2, 0.25) is 5.91 Å². The molecule has 6 heteroatoms. The van der Waals surface area contributed by atoms with Crippen molar-refractivity contribution >= 4 is 23.3 Å². The van der Waals surface area contributed by atoms with Crippen LogP contribution >= 0.6 is 0 Å². The summed E-state index contributed by atoms with van der Waals surface area (Å²) in [6.07, 6.45) is 1.66. The Bertz CT molecular complexity index is 588. The third kappa shape index (κ3) is 5.37. The van der Waals surface area contributed by atoms with Crippen molar-refractivity contribution in [2.45, 2.75) is 20.3 Å². The number of carbonyl (C=O) groups excluding carboxylic acids is 2. The van der Waals surface area contributed by atoms with E-state index in [0.29, 0.717) is 17.8 Å². The SMILES string of the molecule is CCOC(=O)/C(C#N)=C\Nc1cccc(NC(=O)CC)c1. The highest BCUT2D eigenvalue weighted by Crippen LogP contribution is 2.15. The standard InChI is InChI=1S/C15H17N3O3/c1-3-14(19)18-13-7-5-6-12(8-13)17-10-11(9-16)15(20)21-4-2/h5-8,10,17H,3-4H2,1-2H3,(H,18,19)/b11-10-. The van der Waals surface area contributed by atoms with Crippen molar-refractivity contribution in [1.29, 1.82) is 5.26 Å². The van der Waals surface area contributed by atoms with Crippen molar-refractivity contribution in [1.82, 2.24) is 0 Å². The van der Waals surface area contributed by atoms with Crippen molar-refractivity contribution in [2.75, 3.05) is 17.2 Å². The maximum absolute atomic E-state index is 11.4. The van der Waals surface area contributed by atoms with Crippen molar-refractivity contribution in [2.24, 2.45) is 0 Å². The van der Waals surface area contributed by atoms with E-state index in [0.717, 1.165) is 0 Å². The first-order valence-corrected chi connectivity index (χ1v) is 6.54. The summed E-state index contributed by atoms with van der Waals surface area (Å²) in [6.45, 7) is 3.63. The molecule has 0 aliphatic rings. The van der Waals surface area contributed by atoms with E-state index >= 15 is 0 Å². The van der Waals surface area contributed by atoms with Crippen LogP contribution in [0.2, 0.25) is 0 Å². The maximum atomic E-state index is 11.4. The molecule has 21 heavy (non-hydrogen) atoms. The van der Waals surface area contributed by atoms with Crippen LogP contribution in [-0.4, -0.2) is 18.5 Å². The third-order valence-corrected chi connectivity index (χ3v) is 2.47. The largest absolute Gasteiger partial charge is 0.462 e. The van der Waals surface area contributed by atoms with Crippen LogP contribution in [0.15, 0.2) is 36.0 Å². The highest BCUT2D eigenvalue weighted by molar-refractivity contribution is 5.93. The van der Waals surface area contributed by atoms with Crippen molar-refractivity contribution < 1.29 is 14.3 Å². The van der Waals surface area contributed by atoms with E-state index in [1.807, 2.05) is 0 Å². The number of hydrogen-bond donors (Lipinski definition) is 2. The van der Waals surface area contributed by atoms with Gasteiger partial charge in [-0.1, -0.05) is 13.0 Å². The van der Waals surface area contributed by atoms with E-state index in [4.69, 9.17) is 10.00 Å². The first-order chi connectivity index (χ1) is 10.1. The summed E-state index contributed by atoms with van der Waals surface area (Å²) in [5.41, 5.74) is 1.15. The number of nitrogens with one attached hydrogen (secondary N) is 2. The zero-order valence-electron chi connectivity index (χ0n) is 12.0. The molecule has 0 spiro atoms. The van der Waals surface area contributed by atoms with E-state index < -0.39 is 5.97 Å². The summed E-state index contributed by atoms with van der Waals surface area (Å²) in [4.78, 5) is 22.8. The number of anilines is 2. The average Bonchev–Trinajstić information content (AvgIpc) is 2.48. The number of carbonyl (C=O) groups is 2. The predicted molar refractivity (Wildman–Crippen MR) is 79.3 cm³/mol. The molecule has 0 aliphatic heterocycles. The molecule has 6 nitrogen and oxygen atoms in total. The van der Waals surface area contributed by atoms with Crippen molar-refractivity contribution in [3.63, 3.8) is 0 Å². The van der Waals surface area contributed by atoms with E-state index in [2.05, 4.69) is 10.6 Å². The smallest absolute Gasteiger partial charge is 0.350 e. The van der Waals surface area contributed by atoms with Gasteiger partial charge in [0.1, 0.15) is 6.07 Å². The fourth-order valence-electron chi connectivity index (χ4n) is 1.44. The van der Waals surface area contributed by atoms with Gasteiger partial charge in [-0.15, -0.1) is 0 Å². The van der Waals surface area contributed by atoms with Gasteiger partial charge in [-0.3, -0.25) is 4.79 Å². The van der Waals surface area contributed by atoms with E-state index in [1.165, 1.54) is 6.20 Å². The van der Waals surface area contributed by atoms with Crippen molar-refractivity contribution in [3.05, 3.63) is 36.0 Å². The number of rotatable bonds is 6. The molecule has 1 rings (SSSR count). The molecular formula is C15H17N3O3. The number of benzene rings is 1. The Balaban J connectivity index is 2.79. The lowest BCUT2D eigenvalue weighted by Crippen LogP contribution is -2.09. The van der Waals surface area contributed by atoms with Gasteiger partial charge >= 0.3 is 5.97 Å². The van der Waals surface area contributed by atoms with Crippen LogP contribution in [0, 0.1) is 11.3 Å². The Kier molecular flexibility index (Phi) is 6.48. The number of ether oxygens (including phenoxy) is 1. The summed E-state index contributed by atoms with van der Waals surface area (Å²) in [7, 11) is 0. The van der Waals surface area contributed by atoms with Gasteiger partial charge in [-0.25, -0.2) is 4.79 Å². The Morgan fingerprint density at radius 1 is 1.33 bits per heavy atom. The highest BCUT2D eigenvalue weighted by Gasteiger charge is 2.09. The number of amides is 1. The predicted octanol–water partition coefficient (Wildman–Crippen LogP) is 2.42. The number of nitriles is 1. The first-order valence-electron chi connectivity index (χ1n) is 6.54. The zero-order chi connectivity index (χ0) is 15.7. The molecule has 0 radical (unpaired) electrons. The quantitative estimate of drug-likeness (QED) is 0.476. The molecule has 1 amide bonds. The second-order valence-corrected chi connectivity index (χ2v) is 4.02. The molecule has 0 atom stereocenters. The van der Waals surface area contributed by atoms with Crippen LogP contribution in [0.3, 0.4) is 0 Å².